The van der Waals surface area contributed by atoms with E-state index >= 15 is 0 Å². The van der Waals surface area contributed by atoms with Crippen LogP contribution in [-0.2, 0) is 20.8 Å². The molecule has 0 atom stereocenters. The van der Waals surface area contributed by atoms with E-state index in [0.717, 1.165) is 43.0 Å². The normalized spacial score (nSPS) is 18.1. The van der Waals surface area contributed by atoms with Crippen molar-refractivity contribution >= 4 is 16.6 Å². The van der Waals surface area contributed by atoms with Crippen molar-refractivity contribution in [2.24, 2.45) is 0 Å². The summed E-state index contributed by atoms with van der Waals surface area (Å²) in [4.78, 5) is 3.66. The fourth-order valence-electron chi connectivity index (χ4n) is 5.03. The molecular weight excluding hydrogens is 412 g/mol. The average Bonchev–Trinajstić information content (AvgIpc) is 3.30. The van der Waals surface area contributed by atoms with E-state index in [1.54, 1.807) is 0 Å². The highest BCUT2D eigenvalue weighted by atomic mass is 16.5. The molecule has 0 spiro atoms. The molecule has 3 aromatic rings. The van der Waals surface area contributed by atoms with Crippen LogP contribution in [0.4, 0.5) is 5.69 Å². The predicted octanol–water partition coefficient (Wildman–Crippen LogP) is 6.29. The van der Waals surface area contributed by atoms with Gasteiger partial charge in [0, 0.05) is 30.3 Å². The minimum Gasteiger partial charge on any atom is -0.381 e. The zero-order valence-corrected chi connectivity index (χ0v) is 19.5. The van der Waals surface area contributed by atoms with Gasteiger partial charge in [0.2, 0.25) is 0 Å². The van der Waals surface area contributed by atoms with Crippen molar-refractivity contribution in [3.63, 3.8) is 0 Å². The maximum atomic E-state index is 6.01. The molecule has 1 aliphatic carbocycles. The molecule has 2 N–H and O–H groups in total. The van der Waals surface area contributed by atoms with Gasteiger partial charge in [0.1, 0.15) is 0 Å². The quantitative estimate of drug-likeness (QED) is 0.378. The van der Waals surface area contributed by atoms with Crippen LogP contribution >= 0.6 is 0 Å². The predicted molar refractivity (Wildman–Crippen MR) is 134 cm³/mol. The number of rotatable bonds is 9. The lowest BCUT2D eigenvalue weighted by Gasteiger charge is -2.25. The molecule has 5 nitrogen and oxygen atoms in total. The summed E-state index contributed by atoms with van der Waals surface area (Å²) in [7, 11) is 0. The van der Waals surface area contributed by atoms with Crippen LogP contribution in [-0.4, -0.2) is 43.6 Å². The Kier molecular flexibility index (Phi) is 7.61. The number of anilines is 1. The van der Waals surface area contributed by atoms with E-state index < -0.39 is 0 Å². The van der Waals surface area contributed by atoms with Crippen molar-refractivity contribution in [2.45, 2.75) is 63.7 Å². The minimum absolute atomic E-state index is 0.435. The zero-order chi connectivity index (χ0) is 22.3. The van der Waals surface area contributed by atoms with Crippen molar-refractivity contribution in [2.75, 3.05) is 31.7 Å². The van der Waals surface area contributed by atoms with Gasteiger partial charge in [0.25, 0.3) is 0 Å². The molecule has 33 heavy (non-hydrogen) atoms. The van der Waals surface area contributed by atoms with Crippen molar-refractivity contribution < 1.29 is 14.2 Å². The molecule has 1 aromatic heterocycles. The summed E-state index contributed by atoms with van der Waals surface area (Å²) in [5.41, 5.74) is 5.83. The van der Waals surface area contributed by atoms with Crippen molar-refractivity contribution in [1.29, 1.82) is 0 Å². The van der Waals surface area contributed by atoms with E-state index in [2.05, 4.69) is 58.8 Å². The standard InChI is InChI=1S/C28H36N2O3/c1-3-7-22(8-4-1)26-19-23-17-21(20-32-15-16-33-25-9-5-2-6-10-25)18-27(28(23)30-26)29-24-11-13-31-14-12-24/h1,3-4,7-8,17-19,24-25,29-30H,2,5-6,9-16,20H2. The third-order valence-electron chi connectivity index (χ3n) is 6.86. The van der Waals surface area contributed by atoms with Crippen LogP contribution in [0.2, 0.25) is 0 Å². The van der Waals surface area contributed by atoms with Gasteiger partial charge < -0.3 is 24.5 Å². The highest BCUT2D eigenvalue weighted by Gasteiger charge is 2.17. The van der Waals surface area contributed by atoms with Gasteiger partial charge in [0.15, 0.2) is 0 Å². The first-order valence-corrected chi connectivity index (χ1v) is 12.6. The molecule has 0 radical (unpaired) electrons. The van der Waals surface area contributed by atoms with Crippen molar-refractivity contribution in [3.05, 3.63) is 54.1 Å². The molecule has 1 saturated heterocycles. The van der Waals surface area contributed by atoms with Gasteiger partial charge in [-0.3, -0.25) is 0 Å². The van der Waals surface area contributed by atoms with Gasteiger partial charge in [-0.25, -0.2) is 0 Å². The molecular formula is C28H36N2O3. The Morgan fingerprint density at radius 3 is 2.55 bits per heavy atom. The van der Waals surface area contributed by atoms with Crippen LogP contribution in [0.3, 0.4) is 0 Å². The molecule has 2 aromatic carbocycles. The van der Waals surface area contributed by atoms with Gasteiger partial charge in [-0.1, -0.05) is 49.6 Å². The lowest BCUT2D eigenvalue weighted by Crippen LogP contribution is -2.28. The number of nitrogens with one attached hydrogen (secondary N) is 2. The average molecular weight is 449 g/mol. The second-order valence-electron chi connectivity index (χ2n) is 9.37. The number of aromatic amines is 1. The van der Waals surface area contributed by atoms with E-state index in [1.807, 2.05) is 0 Å². The van der Waals surface area contributed by atoms with Crippen LogP contribution in [0.1, 0.15) is 50.5 Å². The second kappa shape index (κ2) is 11.2. The minimum atomic E-state index is 0.435. The maximum absolute atomic E-state index is 6.01. The number of hydrogen-bond acceptors (Lipinski definition) is 4. The van der Waals surface area contributed by atoms with Crippen LogP contribution in [0.5, 0.6) is 0 Å². The second-order valence-corrected chi connectivity index (χ2v) is 9.37. The van der Waals surface area contributed by atoms with E-state index in [-0.39, 0.29) is 0 Å². The Morgan fingerprint density at radius 1 is 0.909 bits per heavy atom. The van der Waals surface area contributed by atoms with Crippen molar-refractivity contribution in [1.82, 2.24) is 4.98 Å². The Hall–Kier alpha value is -2.34. The van der Waals surface area contributed by atoms with Gasteiger partial charge in [-0.15, -0.1) is 0 Å². The van der Waals surface area contributed by atoms with Gasteiger partial charge >= 0.3 is 0 Å². The lowest BCUT2D eigenvalue weighted by molar-refractivity contribution is -0.0136. The largest absolute Gasteiger partial charge is 0.381 e. The number of H-pyrrole nitrogens is 1. The summed E-state index contributed by atoms with van der Waals surface area (Å²) < 4.78 is 17.6. The summed E-state index contributed by atoms with van der Waals surface area (Å²) in [6.45, 7) is 3.57. The highest BCUT2D eigenvalue weighted by molar-refractivity contribution is 5.95. The van der Waals surface area contributed by atoms with E-state index in [0.29, 0.717) is 32.0 Å². The summed E-state index contributed by atoms with van der Waals surface area (Å²) in [6.07, 6.45) is 8.87. The molecule has 0 amide bonds. The van der Waals surface area contributed by atoms with Crippen molar-refractivity contribution in [3.8, 4) is 11.3 Å². The molecule has 5 rings (SSSR count). The number of fused-ring (bicyclic) bond motifs is 1. The topological polar surface area (TPSA) is 55.5 Å². The molecule has 2 heterocycles. The van der Waals surface area contributed by atoms with Gasteiger partial charge in [-0.05, 0) is 55.0 Å². The SMILES string of the molecule is c1ccc(-c2cc3cc(COCCOC4CCCCC4)cc(NC4CCOCC4)c3[nH]2)cc1. The third kappa shape index (κ3) is 5.97. The first-order valence-electron chi connectivity index (χ1n) is 12.6. The molecule has 5 heteroatoms. The zero-order valence-electron chi connectivity index (χ0n) is 19.5. The summed E-state index contributed by atoms with van der Waals surface area (Å²) in [6, 6.07) is 17.7. The number of ether oxygens (including phenoxy) is 3. The van der Waals surface area contributed by atoms with Crippen LogP contribution in [0.15, 0.2) is 48.5 Å². The summed E-state index contributed by atoms with van der Waals surface area (Å²) >= 11 is 0. The van der Waals surface area contributed by atoms with E-state index in [4.69, 9.17) is 14.2 Å². The fourth-order valence-corrected chi connectivity index (χ4v) is 5.03. The molecule has 176 valence electrons. The van der Waals surface area contributed by atoms with Crippen LogP contribution in [0, 0.1) is 0 Å². The molecule has 1 saturated carbocycles. The Bertz CT molecular complexity index is 1000. The molecule has 0 bridgehead atoms. The lowest BCUT2D eigenvalue weighted by atomic mass is 9.98. The monoisotopic (exact) mass is 448 g/mol. The summed E-state index contributed by atoms with van der Waals surface area (Å²) in [5.74, 6) is 0. The van der Waals surface area contributed by atoms with E-state index in [1.165, 1.54) is 48.6 Å². The maximum Gasteiger partial charge on any atom is 0.0719 e. The van der Waals surface area contributed by atoms with E-state index in [9.17, 15) is 0 Å². The molecule has 2 fully saturated rings. The Labute approximate surface area is 196 Å². The third-order valence-corrected chi connectivity index (χ3v) is 6.86. The van der Waals surface area contributed by atoms with Crippen LogP contribution < -0.4 is 5.32 Å². The first kappa shape index (κ1) is 22.5. The summed E-state index contributed by atoms with van der Waals surface area (Å²) in [5, 5.41) is 4.99. The smallest absolute Gasteiger partial charge is 0.0719 e. The number of benzene rings is 2. The Balaban J connectivity index is 1.28. The molecule has 2 aliphatic rings. The molecule has 1 aliphatic heterocycles. The first-order chi connectivity index (χ1) is 16.3. The highest BCUT2D eigenvalue weighted by Crippen LogP contribution is 2.32. The van der Waals surface area contributed by atoms with Crippen LogP contribution in [0.25, 0.3) is 22.2 Å². The Morgan fingerprint density at radius 2 is 1.73 bits per heavy atom. The molecule has 0 unspecified atom stereocenters. The fraction of sp³-hybridized carbons (Fsp3) is 0.500. The number of aromatic nitrogens is 1. The van der Waals surface area contributed by atoms with Gasteiger partial charge in [-0.2, -0.15) is 0 Å². The number of hydrogen-bond donors (Lipinski definition) is 2. The van der Waals surface area contributed by atoms with Gasteiger partial charge in [0.05, 0.1) is 37.1 Å².